The average molecular weight is 263 g/mol. The Bertz CT molecular complexity index is 548. The van der Waals surface area contributed by atoms with E-state index in [2.05, 4.69) is 5.32 Å². The minimum atomic E-state index is -0.818. The van der Waals surface area contributed by atoms with Gasteiger partial charge in [-0.25, -0.2) is 0 Å². The van der Waals surface area contributed by atoms with Crippen molar-refractivity contribution in [3.05, 3.63) is 40.9 Å². The number of nitrogens with zero attached hydrogens (tertiary/aromatic N) is 1. The molecule has 0 heterocycles. The predicted octanol–water partition coefficient (Wildman–Crippen LogP) is 2.65. The van der Waals surface area contributed by atoms with Crippen molar-refractivity contribution >= 4 is 23.3 Å². The van der Waals surface area contributed by atoms with Crippen LogP contribution in [0.2, 0.25) is 5.02 Å². The first-order chi connectivity index (χ1) is 8.60. The molecule has 2 unspecified atom stereocenters. The van der Waals surface area contributed by atoms with Crippen LogP contribution in [0.4, 0.5) is 5.69 Å². The zero-order valence-electron chi connectivity index (χ0n) is 9.43. The molecule has 0 amide bonds. The molecule has 0 saturated heterocycles. The van der Waals surface area contributed by atoms with Gasteiger partial charge in [-0.05, 0) is 24.6 Å². The highest BCUT2D eigenvalue weighted by molar-refractivity contribution is 6.33. The molecule has 4 nitrogen and oxygen atoms in total. The van der Waals surface area contributed by atoms with Crippen molar-refractivity contribution in [2.24, 2.45) is 5.92 Å². The molecule has 18 heavy (non-hydrogen) atoms. The van der Waals surface area contributed by atoms with Gasteiger partial charge in [0.05, 0.1) is 28.3 Å². The molecule has 5 heteroatoms. The van der Waals surface area contributed by atoms with Crippen LogP contribution in [0, 0.1) is 17.2 Å². The van der Waals surface area contributed by atoms with E-state index >= 15 is 0 Å². The average Bonchev–Trinajstić information content (AvgIpc) is 2.80. The Morgan fingerprint density at radius 2 is 2.28 bits per heavy atom. The largest absolute Gasteiger partial charge is 0.481 e. The summed E-state index contributed by atoms with van der Waals surface area (Å²) in [4.78, 5) is 10.8. The third-order valence-corrected chi connectivity index (χ3v) is 3.15. The van der Waals surface area contributed by atoms with Crippen molar-refractivity contribution in [3.63, 3.8) is 0 Å². The summed E-state index contributed by atoms with van der Waals surface area (Å²) in [6, 6.07) is 6.94. The number of aliphatic carboxylic acids is 1. The summed E-state index contributed by atoms with van der Waals surface area (Å²) < 4.78 is 0. The number of hydrogen-bond acceptors (Lipinski definition) is 3. The number of carboxylic acid groups (broad SMARTS) is 1. The molecule has 1 aliphatic rings. The lowest BCUT2D eigenvalue weighted by Crippen LogP contribution is -2.18. The summed E-state index contributed by atoms with van der Waals surface area (Å²) in [5.41, 5.74) is 1.20. The van der Waals surface area contributed by atoms with E-state index in [1.54, 1.807) is 24.3 Å². The van der Waals surface area contributed by atoms with Crippen LogP contribution in [0.5, 0.6) is 0 Å². The number of carboxylic acids is 1. The van der Waals surface area contributed by atoms with Crippen molar-refractivity contribution in [2.75, 3.05) is 5.32 Å². The van der Waals surface area contributed by atoms with Crippen LogP contribution in [-0.2, 0) is 4.79 Å². The number of benzene rings is 1. The normalized spacial score (nSPS) is 21.6. The van der Waals surface area contributed by atoms with E-state index in [9.17, 15) is 4.79 Å². The lowest BCUT2D eigenvalue weighted by atomic mass is 10.1. The van der Waals surface area contributed by atoms with Gasteiger partial charge in [0.1, 0.15) is 0 Å². The molecule has 0 aromatic heterocycles. The van der Waals surface area contributed by atoms with Gasteiger partial charge in [-0.3, -0.25) is 4.79 Å². The van der Waals surface area contributed by atoms with Crippen LogP contribution < -0.4 is 5.32 Å². The van der Waals surface area contributed by atoms with E-state index < -0.39 is 11.9 Å². The van der Waals surface area contributed by atoms with E-state index in [1.807, 2.05) is 12.1 Å². The number of hydrogen-bond donors (Lipinski definition) is 2. The maximum atomic E-state index is 10.8. The van der Waals surface area contributed by atoms with Gasteiger partial charge in [0, 0.05) is 6.04 Å². The summed E-state index contributed by atoms with van der Waals surface area (Å²) in [7, 11) is 0. The molecule has 1 aromatic carbocycles. The second-order valence-electron chi connectivity index (χ2n) is 4.12. The zero-order valence-corrected chi connectivity index (χ0v) is 10.2. The quantitative estimate of drug-likeness (QED) is 0.822. The Hall–Kier alpha value is -1.99. The van der Waals surface area contributed by atoms with Gasteiger partial charge >= 0.3 is 5.97 Å². The van der Waals surface area contributed by atoms with Crippen LogP contribution in [0.15, 0.2) is 30.4 Å². The third kappa shape index (κ3) is 2.63. The third-order valence-electron chi connectivity index (χ3n) is 2.84. The highest BCUT2D eigenvalue weighted by Crippen LogP contribution is 2.27. The minimum absolute atomic E-state index is 0.0449. The van der Waals surface area contributed by atoms with Gasteiger partial charge in [-0.1, -0.05) is 23.8 Å². The summed E-state index contributed by atoms with van der Waals surface area (Å²) in [6.45, 7) is 0. The standard InChI is InChI=1S/C13H11ClN2O2/c14-11-5-8(7-15)1-4-12(11)16-10-3-2-9(6-10)13(17)18/h1-5,9-10,16H,6H2,(H,17,18). The Kier molecular flexibility index (Phi) is 3.54. The van der Waals surface area contributed by atoms with Gasteiger partial charge < -0.3 is 10.4 Å². The minimum Gasteiger partial charge on any atom is -0.481 e. The van der Waals surface area contributed by atoms with Crippen LogP contribution in [0.25, 0.3) is 0 Å². The second-order valence-corrected chi connectivity index (χ2v) is 4.53. The Morgan fingerprint density at radius 3 is 2.83 bits per heavy atom. The highest BCUT2D eigenvalue weighted by atomic mass is 35.5. The first-order valence-electron chi connectivity index (χ1n) is 5.47. The van der Waals surface area contributed by atoms with Crippen molar-refractivity contribution in [3.8, 4) is 6.07 Å². The molecule has 0 radical (unpaired) electrons. The van der Waals surface area contributed by atoms with E-state index in [1.165, 1.54) is 0 Å². The summed E-state index contributed by atoms with van der Waals surface area (Å²) in [5, 5.41) is 21.2. The number of rotatable bonds is 3. The predicted molar refractivity (Wildman–Crippen MR) is 68.5 cm³/mol. The molecule has 0 aliphatic heterocycles. The van der Waals surface area contributed by atoms with Gasteiger partial charge in [0.15, 0.2) is 0 Å². The fraction of sp³-hybridized carbons (Fsp3) is 0.231. The van der Waals surface area contributed by atoms with Gasteiger partial charge in [-0.15, -0.1) is 0 Å². The topological polar surface area (TPSA) is 73.1 Å². The van der Waals surface area contributed by atoms with Gasteiger partial charge in [0.25, 0.3) is 0 Å². The molecule has 0 bridgehead atoms. The first-order valence-corrected chi connectivity index (χ1v) is 5.85. The molecule has 0 saturated carbocycles. The van der Waals surface area contributed by atoms with E-state index in [4.69, 9.17) is 22.0 Å². The Labute approximate surface area is 109 Å². The van der Waals surface area contributed by atoms with Crippen LogP contribution >= 0.6 is 11.6 Å². The monoisotopic (exact) mass is 262 g/mol. The van der Waals surface area contributed by atoms with E-state index in [0.717, 1.165) is 0 Å². The lowest BCUT2D eigenvalue weighted by Gasteiger charge is -2.14. The molecule has 2 N–H and O–H groups in total. The fourth-order valence-electron chi connectivity index (χ4n) is 1.89. The van der Waals surface area contributed by atoms with E-state index in [-0.39, 0.29) is 6.04 Å². The van der Waals surface area contributed by atoms with Crippen LogP contribution in [0.3, 0.4) is 0 Å². The molecule has 2 rings (SSSR count). The Morgan fingerprint density at radius 1 is 1.50 bits per heavy atom. The molecular formula is C13H11ClN2O2. The number of anilines is 1. The van der Waals surface area contributed by atoms with E-state index in [0.29, 0.717) is 22.7 Å². The number of nitriles is 1. The van der Waals surface area contributed by atoms with Crippen molar-refractivity contribution in [1.29, 1.82) is 5.26 Å². The summed E-state index contributed by atoms with van der Waals surface area (Å²) >= 11 is 6.03. The zero-order chi connectivity index (χ0) is 13.1. The molecule has 1 aromatic rings. The van der Waals surface area contributed by atoms with Crippen molar-refractivity contribution in [1.82, 2.24) is 0 Å². The van der Waals surface area contributed by atoms with Crippen molar-refractivity contribution < 1.29 is 9.90 Å². The van der Waals surface area contributed by atoms with Crippen LogP contribution in [-0.4, -0.2) is 17.1 Å². The molecular weight excluding hydrogens is 252 g/mol. The maximum absolute atomic E-state index is 10.8. The van der Waals surface area contributed by atoms with Gasteiger partial charge in [0.2, 0.25) is 0 Å². The maximum Gasteiger partial charge on any atom is 0.310 e. The lowest BCUT2D eigenvalue weighted by molar-refractivity contribution is -0.140. The first kappa shape index (κ1) is 12.5. The van der Waals surface area contributed by atoms with Crippen molar-refractivity contribution in [2.45, 2.75) is 12.5 Å². The Balaban J connectivity index is 2.06. The number of halogens is 1. The second kappa shape index (κ2) is 5.11. The fourth-order valence-corrected chi connectivity index (χ4v) is 2.13. The molecule has 0 fully saturated rings. The molecule has 1 aliphatic carbocycles. The smallest absolute Gasteiger partial charge is 0.310 e. The van der Waals surface area contributed by atoms with Gasteiger partial charge in [-0.2, -0.15) is 5.26 Å². The highest BCUT2D eigenvalue weighted by Gasteiger charge is 2.24. The SMILES string of the molecule is N#Cc1ccc(NC2C=CC(C(=O)O)C2)c(Cl)c1. The van der Waals surface area contributed by atoms with Crippen LogP contribution in [0.1, 0.15) is 12.0 Å². The molecule has 92 valence electrons. The summed E-state index contributed by atoms with van der Waals surface area (Å²) in [6.07, 6.45) is 4.01. The number of carbonyl (C=O) groups is 1. The molecule has 2 atom stereocenters. The molecule has 0 spiro atoms. The number of nitrogens with one attached hydrogen (secondary N) is 1. The summed E-state index contributed by atoms with van der Waals surface area (Å²) in [5.74, 6) is -1.26.